The Morgan fingerprint density at radius 2 is 1.56 bits per heavy atom. The fourth-order valence-electron chi connectivity index (χ4n) is 5.09. The third-order valence-corrected chi connectivity index (χ3v) is 8.67. The van der Waals surface area contributed by atoms with Gasteiger partial charge in [0.05, 0.1) is 9.52 Å². The van der Waals surface area contributed by atoms with Gasteiger partial charge in [-0.3, -0.25) is 0 Å². The van der Waals surface area contributed by atoms with Crippen molar-refractivity contribution >= 4 is 47.7 Å². The van der Waals surface area contributed by atoms with E-state index in [1.165, 1.54) is 60.9 Å². The monoisotopic (exact) mass is 642 g/mol. The molecule has 39 heavy (non-hydrogen) atoms. The van der Waals surface area contributed by atoms with Gasteiger partial charge in [0, 0.05) is 0 Å². The van der Waals surface area contributed by atoms with Crippen LogP contribution in [-0.2, 0) is 26.3 Å². The van der Waals surface area contributed by atoms with Crippen molar-refractivity contribution in [2.24, 2.45) is 0 Å². The van der Waals surface area contributed by atoms with Crippen molar-refractivity contribution < 1.29 is 20.8 Å². The maximum atomic E-state index is 4.93. The molecule has 0 N–H and O–H groups in total. The van der Waals surface area contributed by atoms with E-state index in [-0.39, 0.29) is 5.41 Å². The summed E-state index contributed by atoms with van der Waals surface area (Å²) in [5.74, 6) is 0.615. The number of rotatable bonds is 3. The van der Waals surface area contributed by atoms with Crippen LogP contribution in [0.2, 0.25) is 0 Å². The van der Waals surface area contributed by atoms with Gasteiger partial charge in [-0.25, -0.2) is 0 Å². The zero-order chi connectivity index (χ0) is 28.0. The Morgan fingerprint density at radius 3 is 2.26 bits per heavy atom. The summed E-state index contributed by atoms with van der Waals surface area (Å²) in [5.41, 5.74) is 8.52. The first-order valence-electron chi connectivity index (χ1n) is 13.4. The molecule has 0 spiro atoms. The molecule has 0 aliphatic carbocycles. The molecule has 4 heteroatoms. The number of hydrogen-bond donors (Lipinski definition) is 0. The Kier molecular flexibility index (Phi) is 10.6. The van der Waals surface area contributed by atoms with E-state index < -0.39 is 20.8 Å². The van der Waals surface area contributed by atoms with E-state index in [9.17, 15) is 0 Å². The molecule has 1 aliphatic heterocycles. The van der Waals surface area contributed by atoms with Crippen LogP contribution in [0.4, 0.5) is 0 Å². The van der Waals surface area contributed by atoms with Gasteiger partial charge >= 0.3 is 37.9 Å². The Bertz CT molecular complexity index is 1470. The van der Waals surface area contributed by atoms with Crippen LogP contribution in [0.1, 0.15) is 58.1 Å². The van der Waals surface area contributed by atoms with E-state index in [1.54, 1.807) is 0 Å². The van der Waals surface area contributed by atoms with Crippen LogP contribution >= 0.6 is 17.0 Å². The predicted molar refractivity (Wildman–Crippen MR) is 170 cm³/mol. The summed E-state index contributed by atoms with van der Waals surface area (Å²) in [7, 11) is 10.7. The maximum absolute atomic E-state index is 4.93. The number of fused-ring (bicyclic) bond motifs is 4. The number of halogens is 2. The molecule has 0 saturated carbocycles. The van der Waals surface area contributed by atoms with Crippen molar-refractivity contribution in [1.82, 2.24) is 0 Å². The molecule has 2 radical (unpaired) electrons. The van der Waals surface area contributed by atoms with Crippen molar-refractivity contribution in [2.45, 2.75) is 52.4 Å². The van der Waals surface area contributed by atoms with Crippen molar-refractivity contribution in [3.05, 3.63) is 114 Å². The first-order valence-corrected chi connectivity index (χ1v) is 20.7. The van der Waals surface area contributed by atoms with E-state index >= 15 is 0 Å². The van der Waals surface area contributed by atoms with Gasteiger partial charge in [-0.2, -0.15) is 35.5 Å². The standard InChI is InChI=1S/C23H27.C12H7Si.2ClH.Zr/c1-6-16(2)19-14-18-12-13-21(23(3,4)5)22(20(18)15-19)17-10-8-7-9-11-17;1-3-7-11-9(5-1)10-6-2-4-8-12(10)13-11;;;/h7-16H,6H2,1-5H3;1-7H;2*1H;/q2*-1;;;+4/p-2. The molecule has 1 unspecified atom stereocenters. The van der Waals surface area contributed by atoms with Gasteiger partial charge in [0.25, 0.3) is 0 Å². The zero-order valence-electron chi connectivity index (χ0n) is 23.3. The van der Waals surface area contributed by atoms with E-state index in [1.807, 2.05) is 6.07 Å². The van der Waals surface area contributed by atoms with E-state index in [0.717, 1.165) is 9.52 Å². The average molecular weight is 645 g/mol. The topological polar surface area (TPSA) is 0 Å². The summed E-state index contributed by atoms with van der Waals surface area (Å²) in [4.78, 5) is 0. The Hall–Kier alpha value is -1.83. The molecular weight excluding hydrogens is 611 g/mol. The average Bonchev–Trinajstić information content (AvgIpc) is 3.55. The van der Waals surface area contributed by atoms with Crippen LogP contribution < -0.4 is 10.4 Å². The summed E-state index contributed by atoms with van der Waals surface area (Å²) >= 11 is -0.826. The number of hydrogen-bond acceptors (Lipinski definition) is 0. The predicted octanol–water partition coefficient (Wildman–Crippen LogP) is 9.54. The van der Waals surface area contributed by atoms with Gasteiger partial charge in [-0.1, -0.05) is 118 Å². The largest absolute Gasteiger partial charge is 0.184 e. The van der Waals surface area contributed by atoms with Gasteiger partial charge in [-0.15, -0.1) is 40.1 Å². The minimum absolute atomic E-state index is 0.132. The normalized spacial score (nSPS) is 12.3. The van der Waals surface area contributed by atoms with Crippen molar-refractivity contribution in [3.63, 3.8) is 0 Å². The third kappa shape index (κ3) is 7.09. The Balaban J connectivity index is 0.000000184. The van der Waals surface area contributed by atoms with Gasteiger partial charge in [0.15, 0.2) is 0 Å². The van der Waals surface area contributed by atoms with Crippen LogP contribution in [0.3, 0.4) is 0 Å². The zero-order valence-corrected chi connectivity index (χ0v) is 28.2. The SMILES string of the molecule is CCC(C)c1cc2c(-c3ccccc3)c(C(C)(C)C)ccc2[cH-]1.[Cl][Zr+2][Cl].[c-]1cccc2c1[Si]c1ccccc1-2. The summed E-state index contributed by atoms with van der Waals surface area (Å²) in [6.07, 6.45) is 1.18. The number of benzene rings is 4. The Morgan fingerprint density at radius 1 is 0.897 bits per heavy atom. The second kappa shape index (κ2) is 13.7. The van der Waals surface area contributed by atoms with Crippen molar-refractivity contribution in [1.29, 1.82) is 0 Å². The molecule has 0 amide bonds. The molecule has 6 rings (SSSR count). The molecule has 0 aromatic heterocycles. The Labute approximate surface area is 255 Å². The fourth-order valence-corrected chi connectivity index (χ4v) is 6.40. The van der Waals surface area contributed by atoms with E-state index in [2.05, 4.69) is 132 Å². The first-order chi connectivity index (χ1) is 18.8. The molecule has 5 aromatic carbocycles. The quantitative estimate of drug-likeness (QED) is 0.133. The summed E-state index contributed by atoms with van der Waals surface area (Å²) < 4.78 is 0. The molecule has 0 fully saturated rings. The van der Waals surface area contributed by atoms with Gasteiger partial charge in [-0.05, 0) is 16.9 Å². The smallest absolute Gasteiger partial charge is 0.0920 e. The van der Waals surface area contributed by atoms with Crippen molar-refractivity contribution in [3.8, 4) is 22.3 Å². The molecule has 5 aromatic rings. The second-order valence-electron chi connectivity index (χ2n) is 10.9. The van der Waals surface area contributed by atoms with Crippen LogP contribution in [0.15, 0.2) is 97.1 Å². The first kappa shape index (κ1) is 30.1. The summed E-state index contributed by atoms with van der Waals surface area (Å²) in [6, 6.07) is 38.4. The van der Waals surface area contributed by atoms with Crippen LogP contribution in [0.25, 0.3) is 33.0 Å². The van der Waals surface area contributed by atoms with Gasteiger partial charge < -0.3 is 0 Å². The second-order valence-corrected chi connectivity index (χ2v) is 15.9. The van der Waals surface area contributed by atoms with Crippen molar-refractivity contribution in [2.75, 3.05) is 0 Å². The third-order valence-electron chi connectivity index (χ3n) is 7.30. The van der Waals surface area contributed by atoms with Crippen LogP contribution in [-0.4, -0.2) is 9.52 Å². The molecule has 1 atom stereocenters. The minimum Gasteiger partial charge on any atom is -0.184 e. The molecule has 0 bridgehead atoms. The molecule has 196 valence electrons. The summed E-state index contributed by atoms with van der Waals surface area (Å²) in [6.45, 7) is 11.5. The molecule has 0 nitrogen and oxygen atoms in total. The van der Waals surface area contributed by atoms with E-state index in [4.69, 9.17) is 17.0 Å². The fraction of sp³-hybridized carbons (Fsp3) is 0.229. The van der Waals surface area contributed by atoms with Crippen LogP contribution in [0.5, 0.6) is 0 Å². The molecule has 1 aliphatic rings. The van der Waals surface area contributed by atoms with Crippen LogP contribution in [0, 0.1) is 6.07 Å². The molecule has 1 heterocycles. The minimum atomic E-state index is -0.826. The van der Waals surface area contributed by atoms with Gasteiger partial charge in [0.1, 0.15) is 0 Å². The summed E-state index contributed by atoms with van der Waals surface area (Å²) in [5, 5.41) is 5.59. The van der Waals surface area contributed by atoms with E-state index in [0.29, 0.717) is 5.92 Å². The maximum Gasteiger partial charge on any atom is 0.0920 e. The van der Waals surface area contributed by atoms with Gasteiger partial charge in [0.2, 0.25) is 0 Å². The molecular formula is C35H34Cl2SiZr. The molecule has 0 saturated heterocycles.